The molecule has 3 heterocycles. The SMILES string of the molecule is O=P(O)(O)OCCCCSc1ncnc2c1ncn2[C@H]1C[C@H](O)[C@@H](COP(=O)(O)O)O1. The van der Waals surface area contributed by atoms with Crippen molar-refractivity contribution in [3.63, 3.8) is 0 Å². The first-order valence-electron chi connectivity index (χ1n) is 9.07. The normalized spacial score (nSPS) is 22.4. The highest BCUT2D eigenvalue weighted by Crippen LogP contribution is 2.39. The van der Waals surface area contributed by atoms with Gasteiger partial charge in [0.05, 0.1) is 25.6 Å². The van der Waals surface area contributed by atoms with E-state index in [-0.39, 0.29) is 13.0 Å². The van der Waals surface area contributed by atoms with Crippen molar-refractivity contribution in [2.75, 3.05) is 19.0 Å². The molecule has 0 bridgehead atoms. The van der Waals surface area contributed by atoms with Crippen molar-refractivity contribution in [3.05, 3.63) is 12.7 Å². The van der Waals surface area contributed by atoms with Gasteiger partial charge in [-0.25, -0.2) is 24.1 Å². The standard InChI is InChI=1S/C14H22N4O10P2S/c19-9-5-11(28-10(9)6-27-30(23,24)25)18-8-17-12-13(18)15-7-16-14(12)31-4-2-1-3-26-29(20,21)22/h7-11,19H,1-6H2,(H2,20,21,22)(H2,23,24,25)/t9-,10+,11+/m0/s1. The summed E-state index contributed by atoms with van der Waals surface area (Å²) in [5.41, 5.74) is 0.989. The molecule has 3 rings (SSSR count). The Kier molecular flexibility index (Phi) is 8.21. The summed E-state index contributed by atoms with van der Waals surface area (Å²) in [5, 5.41) is 10.7. The minimum atomic E-state index is -4.68. The number of aliphatic hydroxyl groups excluding tert-OH is 1. The van der Waals surface area contributed by atoms with Crippen LogP contribution in [0.15, 0.2) is 17.7 Å². The fourth-order valence-electron chi connectivity index (χ4n) is 2.91. The average Bonchev–Trinajstić information content (AvgIpc) is 3.25. The molecule has 174 valence electrons. The van der Waals surface area contributed by atoms with Crippen LogP contribution in [0.5, 0.6) is 0 Å². The highest BCUT2D eigenvalue weighted by Gasteiger charge is 2.37. The summed E-state index contributed by atoms with van der Waals surface area (Å²) in [6, 6.07) is 0. The summed E-state index contributed by atoms with van der Waals surface area (Å²) in [7, 11) is -9.13. The summed E-state index contributed by atoms with van der Waals surface area (Å²) in [4.78, 5) is 47.7. The third-order valence-electron chi connectivity index (χ3n) is 4.28. The van der Waals surface area contributed by atoms with Gasteiger partial charge in [-0.2, -0.15) is 0 Å². The maximum atomic E-state index is 10.9. The van der Waals surface area contributed by atoms with Crippen LogP contribution >= 0.6 is 27.4 Å². The number of hydrogen-bond acceptors (Lipinski definition) is 10. The second-order valence-electron chi connectivity index (χ2n) is 6.60. The molecule has 0 unspecified atom stereocenters. The van der Waals surface area contributed by atoms with Crippen LogP contribution in [0.3, 0.4) is 0 Å². The van der Waals surface area contributed by atoms with Crippen LogP contribution in [-0.2, 0) is 22.9 Å². The van der Waals surface area contributed by atoms with Crippen molar-refractivity contribution in [1.29, 1.82) is 0 Å². The smallest absolute Gasteiger partial charge is 0.390 e. The Bertz CT molecular complexity index is 981. The minimum absolute atomic E-state index is 0.0487. The Morgan fingerprint density at radius 1 is 1.13 bits per heavy atom. The fraction of sp³-hybridized carbons (Fsp3) is 0.643. The number of aliphatic hydroxyl groups is 1. The van der Waals surface area contributed by atoms with Gasteiger partial charge in [0.1, 0.15) is 29.2 Å². The van der Waals surface area contributed by atoms with Gasteiger partial charge in [0.25, 0.3) is 0 Å². The Morgan fingerprint density at radius 2 is 1.87 bits per heavy atom. The molecule has 0 radical (unpaired) electrons. The molecule has 1 aliphatic rings. The minimum Gasteiger partial charge on any atom is -0.390 e. The Balaban J connectivity index is 1.59. The predicted molar refractivity (Wildman–Crippen MR) is 106 cm³/mol. The number of phosphoric acid groups is 2. The van der Waals surface area contributed by atoms with E-state index in [0.717, 1.165) is 0 Å². The maximum Gasteiger partial charge on any atom is 0.469 e. The monoisotopic (exact) mass is 500 g/mol. The molecule has 2 aromatic rings. The average molecular weight is 500 g/mol. The Labute approximate surface area is 180 Å². The topological polar surface area (TPSA) is 207 Å². The largest absolute Gasteiger partial charge is 0.469 e. The first kappa shape index (κ1) is 24.7. The van der Waals surface area contributed by atoms with E-state index in [1.54, 1.807) is 4.57 Å². The van der Waals surface area contributed by atoms with Crippen molar-refractivity contribution in [1.82, 2.24) is 19.5 Å². The molecule has 17 heteroatoms. The molecule has 0 amide bonds. The van der Waals surface area contributed by atoms with Crippen LogP contribution < -0.4 is 0 Å². The Morgan fingerprint density at radius 3 is 2.58 bits per heavy atom. The maximum absolute atomic E-state index is 10.9. The van der Waals surface area contributed by atoms with Crippen molar-refractivity contribution < 1.29 is 47.6 Å². The van der Waals surface area contributed by atoms with Gasteiger partial charge in [-0.05, 0) is 18.6 Å². The van der Waals surface area contributed by atoms with Gasteiger partial charge in [0.15, 0.2) is 5.65 Å². The van der Waals surface area contributed by atoms with Gasteiger partial charge in [0, 0.05) is 6.42 Å². The van der Waals surface area contributed by atoms with Crippen LogP contribution in [0, 0.1) is 0 Å². The van der Waals surface area contributed by atoms with E-state index in [9.17, 15) is 14.2 Å². The fourth-order valence-corrected chi connectivity index (χ4v) is 4.56. The third-order valence-corrected chi connectivity index (χ3v) is 6.35. The van der Waals surface area contributed by atoms with Gasteiger partial charge in [-0.3, -0.25) is 13.6 Å². The van der Waals surface area contributed by atoms with Crippen molar-refractivity contribution in [2.45, 2.75) is 42.7 Å². The number of rotatable bonds is 11. The second-order valence-corrected chi connectivity index (χ2v) is 10.2. The molecule has 1 aliphatic heterocycles. The summed E-state index contributed by atoms with van der Waals surface area (Å²) in [6.07, 6.45) is 1.56. The van der Waals surface area contributed by atoms with E-state index in [1.807, 2.05) is 0 Å². The Hall–Kier alpha value is -0.960. The van der Waals surface area contributed by atoms with Gasteiger partial charge in [-0.1, -0.05) is 0 Å². The highest BCUT2D eigenvalue weighted by atomic mass is 32.2. The number of nitrogens with zero attached hydrogens (tertiary/aromatic N) is 4. The molecule has 14 nitrogen and oxygen atoms in total. The predicted octanol–water partition coefficient (Wildman–Crippen LogP) is 0.566. The number of phosphoric ester groups is 2. The van der Waals surface area contributed by atoms with Crippen molar-refractivity contribution >= 4 is 38.6 Å². The molecular weight excluding hydrogens is 478 g/mol. The molecule has 0 spiro atoms. The quantitative estimate of drug-likeness (QED) is 0.124. The van der Waals surface area contributed by atoms with Crippen molar-refractivity contribution in [2.24, 2.45) is 0 Å². The van der Waals surface area contributed by atoms with E-state index < -0.39 is 40.7 Å². The van der Waals surface area contributed by atoms with E-state index in [4.69, 9.17) is 24.3 Å². The number of imidazole rings is 1. The van der Waals surface area contributed by atoms with Crippen molar-refractivity contribution in [3.8, 4) is 0 Å². The zero-order chi connectivity index (χ0) is 22.6. The lowest BCUT2D eigenvalue weighted by Crippen LogP contribution is -2.25. The van der Waals surface area contributed by atoms with E-state index >= 15 is 0 Å². The molecule has 1 saturated heterocycles. The van der Waals surface area contributed by atoms with Gasteiger partial charge in [-0.15, -0.1) is 11.8 Å². The summed E-state index contributed by atoms with van der Waals surface area (Å²) in [6.45, 7) is -0.511. The van der Waals surface area contributed by atoms with Crippen LogP contribution in [0.1, 0.15) is 25.5 Å². The molecule has 3 atom stereocenters. The van der Waals surface area contributed by atoms with Gasteiger partial charge >= 0.3 is 15.6 Å². The number of ether oxygens (including phenoxy) is 1. The third kappa shape index (κ3) is 7.27. The van der Waals surface area contributed by atoms with Gasteiger partial charge in [0.2, 0.25) is 0 Å². The van der Waals surface area contributed by atoms with Crippen LogP contribution in [-0.4, -0.2) is 75.4 Å². The first-order chi connectivity index (χ1) is 14.5. The zero-order valence-electron chi connectivity index (χ0n) is 16.0. The number of aromatic nitrogens is 4. The van der Waals surface area contributed by atoms with Crippen LogP contribution in [0.2, 0.25) is 0 Å². The lowest BCUT2D eigenvalue weighted by atomic mass is 10.2. The van der Waals surface area contributed by atoms with Crippen LogP contribution in [0.4, 0.5) is 0 Å². The van der Waals surface area contributed by atoms with E-state index in [0.29, 0.717) is 34.8 Å². The van der Waals surface area contributed by atoms with Gasteiger partial charge < -0.3 is 29.4 Å². The molecular formula is C14H22N4O10P2S. The van der Waals surface area contributed by atoms with Crippen LogP contribution in [0.25, 0.3) is 11.2 Å². The lowest BCUT2D eigenvalue weighted by Gasteiger charge is -2.16. The summed E-state index contributed by atoms with van der Waals surface area (Å²) >= 11 is 1.40. The molecule has 5 N–H and O–H groups in total. The first-order valence-corrected chi connectivity index (χ1v) is 13.1. The molecule has 31 heavy (non-hydrogen) atoms. The summed E-state index contributed by atoms with van der Waals surface area (Å²) in [5.74, 6) is 0.615. The molecule has 0 saturated carbocycles. The molecule has 1 fully saturated rings. The van der Waals surface area contributed by atoms with E-state index in [2.05, 4.69) is 24.0 Å². The zero-order valence-corrected chi connectivity index (χ0v) is 18.6. The molecule has 0 aliphatic carbocycles. The lowest BCUT2D eigenvalue weighted by molar-refractivity contribution is -0.0424. The highest BCUT2D eigenvalue weighted by molar-refractivity contribution is 7.99. The number of unbranched alkanes of at least 4 members (excludes halogenated alkanes) is 1. The molecule has 0 aromatic carbocycles. The number of hydrogen-bond donors (Lipinski definition) is 5. The number of fused-ring (bicyclic) bond motifs is 1. The van der Waals surface area contributed by atoms with E-state index in [1.165, 1.54) is 24.4 Å². The second kappa shape index (κ2) is 10.3. The molecule has 2 aromatic heterocycles. The number of thioether (sulfide) groups is 1. The summed E-state index contributed by atoms with van der Waals surface area (Å²) < 4.78 is 37.6.